The highest BCUT2D eigenvalue weighted by atomic mass is 35.5. The summed E-state index contributed by atoms with van der Waals surface area (Å²) in [5, 5.41) is 9.86. The minimum absolute atomic E-state index is 0.291. The molecule has 1 unspecified atom stereocenters. The van der Waals surface area contributed by atoms with Crippen LogP contribution in [0.25, 0.3) is 0 Å². The van der Waals surface area contributed by atoms with Crippen LogP contribution >= 0.6 is 11.6 Å². The zero-order chi connectivity index (χ0) is 12.4. The van der Waals surface area contributed by atoms with E-state index >= 15 is 0 Å². The van der Waals surface area contributed by atoms with E-state index in [1.165, 1.54) is 12.1 Å². The Balaban J connectivity index is 2.42. The summed E-state index contributed by atoms with van der Waals surface area (Å²) in [6.45, 7) is 1.02. The van der Waals surface area contributed by atoms with Gasteiger partial charge in [0.1, 0.15) is 0 Å². The van der Waals surface area contributed by atoms with Gasteiger partial charge in [0.15, 0.2) is 17.6 Å². The van der Waals surface area contributed by atoms with Crippen LogP contribution in [0.15, 0.2) is 12.1 Å². The van der Waals surface area contributed by atoms with E-state index in [4.69, 9.17) is 26.8 Å². The summed E-state index contributed by atoms with van der Waals surface area (Å²) in [5.74, 6) is 0.0189. The van der Waals surface area contributed by atoms with Crippen molar-refractivity contribution in [2.24, 2.45) is 5.73 Å². The zero-order valence-corrected chi connectivity index (χ0v) is 9.74. The molecule has 0 radical (unpaired) electrons. The van der Waals surface area contributed by atoms with Crippen molar-refractivity contribution in [1.29, 1.82) is 0 Å². The second-order valence-corrected chi connectivity index (χ2v) is 4.09. The molecule has 0 saturated carbocycles. The minimum atomic E-state index is -1.40. The first-order valence-electron chi connectivity index (χ1n) is 5.16. The number of amides is 1. The molecular weight excluding hydrogens is 246 g/mol. The molecule has 2 rings (SSSR count). The largest absolute Gasteiger partial charge is 0.489 e. The Morgan fingerprint density at radius 1 is 1.41 bits per heavy atom. The van der Waals surface area contributed by atoms with E-state index in [0.717, 1.165) is 6.42 Å². The molecule has 1 aromatic rings. The van der Waals surface area contributed by atoms with Gasteiger partial charge in [0, 0.05) is 6.42 Å². The van der Waals surface area contributed by atoms with E-state index in [-0.39, 0.29) is 0 Å². The zero-order valence-electron chi connectivity index (χ0n) is 8.98. The van der Waals surface area contributed by atoms with Crippen LogP contribution < -0.4 is 15.2 Å². The average Bonchev–Trinajstić information content (AvgIpc) is 2.53. The fourth-order valence-electron chi connectivity index (χ4n) is 1.57. The van der Waals surface area contributed by atoms with Gasteiger partial charge in [0.05, 0.1) is 18.2 Å². The van der Waals surface area contributed by atoms with Crippen molar-refractivity contribution in [3.05, 3.63) is 22.7 Å². The third kappa shape index (κ3) is 2.45. The lowest BCUT2D eigenvalue weighted by atomic mass is 10.1. The van der Waals surface area contributed by atoms with Gasteiger partial charge in [-0.1, -0.05) is 11.6 Å². The van der Waals surface area contributed by atoms with E-state index in [9.17, 15) is 9.90 Å². The number of hydrogen-bond acceptors (Lipinski definition) is 4. The first-order valence-corrected chi connectivity index (χ1v) is 5.54. The Morgan fingerprint density at radius 3 is 2.82 bits per heavy atom. The van der Waals surface area contributed by atoms with Crippen molar-refractivity contribution in [3.8, 4) is 11.5 Å². The third-order valence-electron chi connectivity index (χ3n) is 2.41. The lowest BCUT2D eigenvalue weighted by Crippen LogP contribution is -2.20. The van der Waals surface area contributed by atoms with E-state index in [1.54, 1.807) is 0 Å². The molecule has 0 aliphatic carbocycles. The van der Waals surface area contributed by atoms with Crippen molar-refractivity contribution >= 4 is 17.5 Å². The molecule has 0 bridgehead atoms. The van der Waals surface area contributed by atoms with Crippen LogP contribution in [0.4, 0.5) is 0 Å². The first-order chi connectivity index (χ1) is 8.09. The standard InChI is InChI=1S/C11H12ClNO4/c12-7-4-6(9(14)11(13)15)5-8-10(7)17-3-1-2-16-8/h4-5,9,14H,1-3H2,(H2,13,15). The highest BCUT2D eigenvalue weighted by molar-refractivity contribution is 6.32. The van der Waals surface area contributed by atoms with Crippen molar-refractivity contribution in [2.45, 2.75) is 12.5 Å². The van der Waals surface area contributed by atoms with E-state index in [0.29, 0.717) is 35.3 Å². The van der Waals surface area contributed by atoms with Crippen LogP contribution in [0.3, 0.4) is 0 Å². The summed E-state index contributed by atoms with van der Waals surface area (Å²) in [6.07, 6.45) is -0.650. The third-order valence-corrected chi connectivity index (χ3v) is 2.69. The maximum atomic E-state index is 10.9. The predicted molar refractivity (Wildman–Crippen MR) is 61.2 cm³/mol. The van der Waals surface area contributed by atoms with Crippen molar-refractivity contribution < 1.29 is 19.4 Å². The number of ether oxygens (including phenoxy) is 2. The Hall–Kier alpha value is -1.46. The molecule has 6 heteroatoms. The highest BCUT2D eigenvalue weighted by Crippen LogP contribution is 2.39. The minimum Gasteiger partial charge on any atom is -0.489 e. The van der Waals surface area contributed by atoms with Crippen LogP contribution in [0.5, 0.6) is 11.5 Å². The number of carbonyl (C=O) groups excluding carboxylic acids is 1. The van der Waals surface area contributed by atoms with Gasteiger partial charge in [-0.15, -0.1) is 0 Å². The van der Waals surface area contributed by atoms with Crippen LogP contribution in [-0.4, -0.2) is 24.2 Å². The van der Waals surface area contributed by atoms with Crippen molar-refractivity contribution in [3.63, 3.8) is 0 Å². The molecule has 0 fully saturated rings. The van der Waals surface area contributed by atoms with Gasteiger partial charge in [-0.2, -0.15) is 0 Å². The second kappa shape index (κ2) is 4.81. The molecule has 1 amide bonds. The van der Waals surface area contributed by atoms with Crippen LogP contribution in [0, 0.1) is 0 Å². The summed E-state index contributed by atoms with van der Waals surface area (Å²) < 4.78 is 10.8. The number of hydrogen-bond donors (Lipinski definition) is 2. The van der Waals surface area contributed by atoms with Crippen molar-refractivity contribution in [1.82, 2.24) is 0 Å². The number of aliphatic hydroxyl groups is 1. The molecular formula is C11H12ClNO4. The molecule has 1 aromatic carbocycles. The van der Waals surface area contributed by atoms with Gasteiger partial charge in [-0.25, -0.2) is 0 Å². The number of halogens is 1. The van der Waals surface area contributed by atoms with E-state index in [2.05, 4.69) is 0 Å². The van der Waals surface area contributed by atoms with Gasteiger partial charge in [0.25, 0.3) is 5.91 Å². The van der Waals surface area contributed by atoms with Crippen molar-refractivity contribution in [2.75, 3.05) is 13.2 Å². The Morgan fingerprint density at radius 2 is 2.12 bits per heavy atom. The van der Waals surface area contributed by atoms with Crippen LogP contribution in [-0.2, 0) is 4.79 Å². The van der Waals surface area contributed by atoms with Gasteiger partial charge in [-0.05, 0) is 17.7 Å². The molecule has 17 heavy (non-hydrogen) atoms. The number of fused-ring (bicyclic) bond motifs is 1. The fraction of sp³-hybridized carbons (Fsp3) is 0.364. The Kier molecular flexibility index (Phi) is 3.40. The fourth-order valence-corrected chi connectivity index (χ4v) is 1.85. The number of nitrogens with two attached hydrogens (primary N) is 1. The number of rotatable bonds is 2. The monoisotopic (exact) mass is 257 g/mol. The number of carbonyl (C=O) groups is 1. The maximum Gasteiger partial charge on any atom is 0.250 e. The lowest BCUT2D eigenvalue weighted by Gasteiger charge is -2.13. The number of primary amides is 1. The predicted octanol–water partition coefficient (Wildman–Crippen LogP) is 1.02. The molecule has 0 spiro atoms. The van der Waals surface area contributed by atoms with E-state index in [1.807, 2.05) is 0 Å². The van der Waals surface area contributed by atoms with Gasteiger partial charge < -0.3 is 20.3 Å². The molecule has 1 heterocycles. The second-order valence-electron chi connectivity index (χ2n) is 3.69. The number of benzene rings is 1. The quantitative estimate of drug-likeness (QED) is 0.829. The normalized spacial score (nSPS) is 16.1. The molecule has 92 valence electrons. The van der Waals surface area contributed by atoms with Gasteiger partial charge in [0.2, 0.25) is 0 Å². The molecule has 1 atom stereocenters. The summed E-state index contributed by atoms with van der Waals surface area (Å²) in [5.41, 5.74) is 5.32. The van der Waals surface area contributed by atoms with E-state index < -0.39 is 12.0 Å². The maximum absolute atomic E-state index is 10.9. The summed E-state index contributed by atoms with van der Waals surface area (Å²) in [4.78, 5) is 10.9. The summed E-state index contributed by atoms with van der Waals surface area (Å²) in [7, 11) is 0. The molecule has 1 aliphatic heterocycles. The van der Waals surface area contributed by atoms with Crippen LogP contribution in [0.2, 0.25) is 5.02 Å². The van der Waals surface area contributed by atoms with Crippen LogP contribution in [0.1, 0.15) is 18.1 Å². The van der Waals surface area contributed by atoms with Gasteiger partial charge >= 0.3 is 0 Å². The topological polar surface area (TPSA) is 81.8 Å². The summed E-state index contributed by atoms with van der Waals surface area (Å²) >= 11 is 6.00. The molecule has 1 aliphatic rings. The molecule has 0 saturated heterocycles. The Bertz CT molecular complexity index is 449. The highest BCUT2D eigenvalue weighted by Gasteiger charge is 2.21. The SMILES string of the molecule is NC(=O)C(O)c1cc(Cl)c2c(c1)OCCCO2. The first kappa shape index (κ1) is 12.0. The average molecular weight is 258 g/mol. The molecule has 3 N–H and O–H groups in total. The summed E-state index contributed by atoms with van der Waals surface area (Å²) in [6, 6.07) is 2.96. The molecule has 0 aromatic heterocycles. The lowest BCUT2D eigenvalue weighted by molar-refractivity contribution is -0.126. The van der Waals surface area contributed by atoms with Gasteiger partial charge in [-0.3, -0.25) is 4.79 Å². The Labute approximate surface area is 103 Å². The number of aliphatic hydroxyl groups excluding tert-OH is 1. The smallest absolute Gasteiger partial charge is 0.250 e. The molecule has 5 nitrogen and oxygen atoms in total.